The molecule has 1 aliphatic rings. The Balaban J connectivity index is 2.19. The quantitative estimate of drug-likeness (QED) is 0.665. The van der Waals surface area contributed by atoms with Gasteiger partial charge in [0, 0.05) is 25.2 Å². The summed E-state index contributed by atoms with van der Waals surface area (Å²) < 4.78 is 0. The normalized spacial score (nSPS) is 20.4. The third-order valence-electron chi connectivity index (χ3n) is 4.45. The Labute approximate surface area is 123 Å². The molecule has 5 nitrogen and oxygen atoms in total. The number of aliphatic hydroxyl groups excluding tert-OH is 1. The topological polar surface area (TPSA) is 64.6 Å². The van der Waals surface area contributed by atoms with E-state index in [-0.39, 0.29) is 18.2 Å². The number of urea groups is 1. The fourth-order valence-electron chi connectivity index (χ4n) is 2.51. The van der Waals surface area contributed by atoms with E-state index in [9.17, 15) is 4.79 Å². The zero-order valence-electron chi connectivity index (χ0n) is 13.2. The summed E-state index contributed by atoms with van der Waals surface area (Å²) in [5, 5.41) is 14.9. The van der Waals surface area contributed by atoms with Crippen molar-refractivity contribution in [3.63, 3.8) is 0 Å². The third kappa shape index (κ3) is 6.09. The van der Waals surface area contributed by atoms with E-state index in [0.29, 0.717) is 13.0 Å². The molecule has 0 bridgehead atoms. The lowest BCUT2D eigenvalue weighted by molar-refractivity contribution is 0.186. The number of piperidine rings is 1. The molecule has 1 fully saturated rings. The van der Waals surface area contributed by atoms with Gasteiger partial charge >= 0.3 is 6.03 Å². The van der Waals surface area contributed by atoms with Crippen LogP contribution in [0.25, 0.3) is 0 Å². The van der Waals surface area contributed by atoms with Crippen LogP contribution in [0.4, 0.5) is 4.79 Å². The van der Waals surface area contributed by atoms with Crippen LogP contribution >= 0.6 is 0 Å². The van der Waals surface area contributed by atoms with Crippen LogP contribution < -0.4 is 10.6 Å². The molecule has 1 atom stereocenters. The molecule has 3 N–H and O–H groups in total. The molecule has 118 valence electrons. The zero-order valence-corrected chi connectivity index (χ0v) is 13.2. The number of nitrogens with zero attached hydrogens (tertiary/aromatic N) is 1. The van der Waals surface area contributed by atoms with Crippen molar-refractivity contribution in [3.05, 3.63) is 0 Å². The van der Waals surface area contributed by atoms with Crippen LogP contribution in [0.15, 0.2) is 0 Å². The maximum absolute atomic E-state index is 11.9. The smallest absolute Gasteiger partial charge is 0.315 e. The van der Waals surface area contributed by atoms with E-state index in [1.165, 1.54) is 12.8 Å². The first-order chi connectivity index (χ1) is 9.49. The maximum atomic E-state index is 11.9. The number of likely N-dealkylation sites (tertiary alicyclic amines) is 1. The Morgan fingerprint density at radius 2 is 2.05 bits per heavy atom. The van der Waals surface area contributed by atoms with Crippen molar-refractivity contribution in [3.8, 4) is 0 Å². The summed E-state index contributed by atoms with van der Waals surface area (Å²) in [6.07, 6.45) is 3.92. The second-order valence-corrected chi connectivity index (χ2v) is 6.29. The molecule has 0 radical (unpaired) electrons. The van der Waals surface area contributed by atoms with E-state index in [4.69, 9.17) is 5.11 Å². The average Bonchev–Trinajstić information content (AvgIpc) is 2.41. The van der Waals surface area contributed by atoms with Gasteiger partial charge in [-0.3, -0.25) is 0 Å². The molecule has 1 saturated heterocycles. The standard InChI is InChI=1S/C15H31N3O2/c1-4-15(3,7-12-19)17-14(20)16-8-11-18-9-5-13(2)6-10-18/h13,19H,4-12H2,1-3H3,(H2,16,17,20). The molecule has 1 heterocycles. The monoisotopic (exact) mass is 285 g/mol. The highest BCUT2D eigenvalue weighted by Crippen LogP contribution is 2.15. The van der Waals surface area contributed by atoms with Gasteiger partial charge in [0.1, 0.15) is 0 Å². The van der Waals surface area contributed by atoms with E-state index in [1.807, 2.05) is 13.8 Å². The van der Waals surface area contributed by atoms with Gasteiger partial charge in [0.25, 0.3) is 0 Å². The minimum absolute atomic E-state index is 0.0938. The number of hydrogen-bond acceptors (Lipinski definition) is 3. The molecule has 0 aromatic carbocycles. The van der Waals surface area contributed by atoms with Crippen LogP contribution in [-0.2, 0) is 0 Å². The predicted molar refractivity (Wildman–Crippen MR) is 81.8 cm³/mol. The molecule has 0 aromatic heterocycles. The summed E-state index contributed by atoms with van der Waals surface area (Å²) in [7, 11) is 0. The molecule has 2 amide bonds. The van der Waals surface area contributed by atoms with Gasteiger partial charge in [-0.2, -0.15) is 0 Å². The van der Waals surface area contributed by atoms with Crippen LogP contribution in [0.5, 0.6) is 0 Å². The molecule has 0 saturated carbocycles. The molecule has 0 aliphatic carbocycles. The first kappa shape index (κ1) is 17.2. The molecule has 5 heteroatoms. The molecule has 1 unspecified atom stereocenters. The van der Waals surface area contributed by atoms with Gasteiger partial charge < -0.3 is 20.6 Å². The van der Waals surface area contributed by atoms with Gasteiger partial charge in [-0.1, -0.05) is 13.8 Å². The Bertz CT molecular complexity index is 291. The molecule has 0 spiro atoms. The number of rotatable bonds is 7. The van der Waals surface area contributed by atoms with Gasteiger partial charge in [0.05, 0.1) is 0 Å². The first-order valence-electron chi connectivity index (χ1n) is 7.88. The van der Waals surface area contributed by atoms with Crippen LogP contribution in [0.3, 0.4) is 0 Å². The fourth-order valence-corrected chi connectivity index (χ4v) is 2.51. The second kappa shape index (κ2) is 8.47. The lowest BCUT2D eigenvalue weighted by Gasteiger charge is -2.31. The Kier molecular flexibility index (Phi) is 7.30. The highest BCUT2D eigenvalue weighted by atomic mass is 16.3. The highest BCUT2D eigenvalue weighted by molar-refractivity contribution is 5.74. The summed E-state index contributed by atoms with van der Waals surface area (Å²) in [4.78, 5) is 14.3. The maximum Gasteiger partial charge on any atom is 0.315 e. The fraction of sp³-hybridized carbons (Fsp3) is 0.933. The van der Waals surface area contributed by atoms with E-state index in [1.54, 1.807) is 0 Å². The lowest BCUT2D eigenvalue weighted by atomic mass is 9.95. The number of amides is 2. The molecule has 20 heavy (non-hydrogen) atoms. The van der Waals surface area contributed by atoms with Crippen molar-refractivity contribution < 1.29 is 9.90 Å². The summed E-state index contributed by atoms with van der Waals surface area (Å²) >= 11 is 0. The van der Waals surface area contributed by atoms with Crippen molar-refractivity contribution in [2.24, 2.45) is 5.92 Å². The number of carbonyl (C=O) groups excluding carboxylic acids is 1. The zero-order chi connectivity index (χ0) is 15.0. The van der Waals surface area contributed by atoms with Gasteiger partial charge in [0.15, 0.2) is 0 Å². The minimum Gasteiger partial charge on any atom is -0.396 e. The Hall–Kier alpha value is -0.810. The lowest BCUT2D eigenvalue weighted by Crippen LogP contribution is -2.51. The van der Waals surface area contributed by atoms with E-state index in [0.717, 1.165) is 32.0 Å². The van der Waals surface area contributed by atoms with Crippen molar-refractivity contribution >= 4 is 6.03 Å². The largest absolute Gasteiger partial charge is 0.396 e. The third-order valence-corrected chi connectivity index (χ3v) is 4.45. The van der Waals surface area contributed by atoms with E-state index < -0.39 is 0 Å². The molecule has 0 aromatic rings. The van der Waals surface area contributed by atoms with Crippen LogP contribution in [0.1, 0.15) is 46.5 Å². The molecular weight excluding hydrogens is 254 g/mol. The predicted octanol–water partition coefficient (Wildman–Crippen LogP) is 1.57. The van der Waals surface area contributed by atoms with Gasteiger partial charge in [-0.05, 0) is 51.6 Å². The molecular formula is C15H31N3O2. The van der Waals surface area contributed by atoms with Gasteiger partial charge in [-0.25, -0.2) is 4.79 Å². The summed E-state index contributed by atoms with van der Waals surface area (Å²) in [5.41, 5.74) is -0.320. The van der Waals surface area contributed by atoms with Crippen LogP contribution in [0, 0.1) is 5.92 Å². The van der Waals surface area contributed by atoms with Crippen LogP contribution in [-0.4, -0.2) is 54.4 Å². The number of hydrogen-bond donors (Lipinski definition) is 3. The summed E-state index contributed by atoms with van der Waals surface area (Å²) in [5.74, 6) is 0.839. The average molecular weight is 285 g/mol. The first-order valence-corrected chi connectivity index (χ1v) is 7.88. The van der Waals surface area contributed by atoms with Crippen molar-refractivity contribution in [1.82, 2.24) is 15.5 Å². The number of nitrogens with one attached hydrogen (secondary N) is 2. The molecule has 1 rings (SSSR count). The van der Waals surface area contributed by atoms with Gasteiger partial charge in [0.2, 0.25) is 0 Å². The molecule has 1 aliphatic heterocycles. The minimum atomic E-state index is -0.320. The summed E-state index contributed by atoms with van der Waals surface area (Å²) in [6.45, 7) is 10.3. The summed E-state index contributed by atoms with van der Waals surface area (Å²) in [6, 6.07) is -0.131. The van der Waals surface area contributed by atoms with Crippen LogP contribution in [0.2, 0.25) is 0 Å². The van der Waals surface area contributed by atoms with Crippen molar-refractivity contribution in [2.45, 2.75) is 52.0 Å². The Morgan fingerprint density at radius 1 is 1.40 bits per heavy atom. The second-order valence-electron chi connectivity index (χ2n) is 6.29. The number of carbonyl (C=O) groups is 1. The Morgan fingerprint density at radius 3 is 2.60 bits per heavy atom. The van der Waals surface area contributed by atoms with E-state index in [2.05, 4.69) is 22.5 Å². The van der Waals surface area contributed by atoms with Crippen molar-refractivity contribution in [1.29, 1.82) is 0 Å². The highest BCUT2D eigenvalue weighted by Gasteiger charge is 2.23. The van der Waals surface area contributed by atoms with E-state index >= 15 is 0 Å². The SMILES string of the molecule is CCC(C)(CCO)NC(=O)NCCN1CCC(C)CC1. The number of aliphatic hydroxyl groups is 1. The van der Waals surface area contributed by atoms with Crippen molar-refractivity contribution in [2.75, 3.05) is 32.8 Å². The van der Waals surface area contributed by atoms with Gasteiger partial charge in [-0.15, -0.1) is 0 Å².